The van der Waals surface area contributed by atoms with Crippen molar-refractivity contribution in [3.8, 4) is 0 Å². The quantitative estimate of drug-likeness (QED) is 0.872. The molecule has 0 aromatic carbocycles. The molecule has 0 spiro atoms. The van der Waals surface area contributed by atoms with Crippen molar-refractivity contribution in [2.45, 2.75) is 55.2 Å². The summed E-state index contributed by atoms with van der Waals surface area (Å²) in [4.78, 5) is 5.69. The van der Waals surface area contributed by atoms with E-state index in [9.17, 15) is 0 Å². The average Bonchev–Trinajstić information content (AvgIpc) is 2.31. The van der Waals surface area contributed by atoms with Crippen LogP contribution in [0.4, 0.5) is 0 Å². The van der Waals surface area contributed by atoms with Crippen molar-refractivity contribution in [1.82, 2.24) is 4.98 Å². The molecule has 1 aromatic heterocycles. The minimum Gasteiger partial charge on any atom is -0.323 e. The van der Waals surface area contributed by atoms with E-state index in [2.05, 4.69) is 17.1 Å². The van der Waals surface area contributed by atoms with Crippen molar-refractivity contribution in [2.75, 3.05) is 0 Å². The van der Waals surface area contributed by atoms with Crippen LogP contribution in [0.1, 0.15) is 50.8 Å². The normalized spacial score (nSPS) is 19.6. The molecular formula is C13H20N2S. The molecule has 0 bridgehead atoms. The smallest absolute Gasteiger partial charge is 0.0569 e. The van der Waals surface area contributed by atoms with E-state index >= 15 is 0 Å². The Morgan fingerprint density at radius 2 is 2.06 bits per heavy atom. The van der Waals surface area contributed by atoms with Gasteiger partial charge in [0.2, 0.25) is 0 Å². The van der Waals surface area contributed by atoms with Crippen LogP contribution in [0.15, 0.2) is 23.2 Å². The SMILES string of the molecule is C[C@H](N)c1ccc(SC2CCCCC2)cn1. The maximum absolute atomic E-state index is 5.78. The van der Waals surface area contributed by atoms with E-state index in [4.69, 9.17) is 5.73 Å². The van der Waals surface area contributed by atoms with Gasteiger partial charge < -0.3 is 5.73 Å². The van der Waals surface area contributed by atoms with Gasteiger partial charge in [-0.1, -0.05) is 19.3 Å². The van der Waals surface area contributed by atoms with Gasteiger partial charge in [0.05, 0.1) is 5.69 Å². The number of nitrogens with zero attached hydrogens (tertiary/aromatic N) is 1. The number of nitrogens with two attached hydrogens (primary N) is 1. The second kappa shape index (κ2) is 5.69. The fourth-order valence-corrected chi connectivity index (χ4v) is 3.32. The predicted octanol–water partition coefficient (Wildman–Crippen LogP) is 3.53. The minimum atomic E-state index is 0.0359. The summed E-state index contributed by atoms with van der Waals surface area (Å²) >= 11 is 1.98. The van der Waals surface area contributed by atoms with E-state index in [0.717, 1.165) is 10.9 Å². The molecule has 1 aromatic rings. The first kappa shape index (κ1) is 11.9. The molecule has 0 radical (unpaired) electrons. The highest BCUT2D eigenvalue weighted by molar-refractivity contribution is 8.00. The molecule has 2 rings (SSSR count). The number of pyridine rings is 1. The lowest BCUT2D eigenvalue weighted by Gasteiger charge is -2.20. The summed E-state index contributed by atoms with van der Waals surface area (Å²) in [6, 6.07) is 4.24. The van der Waals surface area contributed by atoms with Crippen molar-refractivity contribution < 1.29 is 0 Å². The van der Waals surface area contributed by atoms with Gasteiger partial charge in [0, 0.05) is 22.4 Å². The van der Waals surface area contributed by atoms with Gasteiger partial charge in [-0.25, -0.2) is 0 Å². The van der Waals surface area contributed by atoms with Crippen LogP contribution in [0.2, 0.25) is 0 Å². The lowest BCUT2D eigenvalue weighted by Crippen LogP contribution is -2.09. The van der Waals surface area contributed by atoms with Crippen molar-refractivity contribution >= 4 is 11.8 Å². The number of hydrogen-bond acceptors (Lipinski definition) is 3. The van der Waals surface area contributed by atoms with Crippen LogP contribution in [-0.4, -0.2) is 10.2 Å². The first-order valence-corrected chi connectivity index (χ1v) is 7.02. The fraction of sp³-hybridized carbons (Fsp3) is 0.615. The van der Waals surface area contributed by atoms with Gasteiger partial charge in [-0.15, -0.1) is 11.8 Å². The summed E-state index contributed by atoms with van der Waals surface area (Å²) in [5.74, 6) is 0. The Hall–Kier alpha value is -0.540. The molecule has 1 aliphatic rings. The van der Waals surface area contributed by atoms with E-state index in [0.29, 0.717) is 0 Å². The Morgan fingerprint density at radius 1 is 1.31 bits per heavy atom. The molecule has 2 nitrogen and oxygen atoms in total. The zero-order valence-corrected chi connectivity index (χ0v) is 10.7. The summed E-state index contributed by atoms with van der Waals surface area (Å²) in [5.41, 5.74) is 6.76. The van der Waals surface area contributed by atoms with E-state index in [1.807, 2.05) is 24.9 Å². The van der Waals surface area contributed by atoms with Gasteiger partial charge in [0.15, 0.2) is 0 Å². The third kappa shape index (κ3) is 3.22. The molecule has 2 N–H and O–H groups in total. The van der Waals surface area contributed by atoms with Crippen LogP contribution < -0.4 is 5.73 Å². The van der Waals surface area contributed by atoms with Crippen molar-refractivity contribution in [3.63, 3.8) is 0 Å². The van der Waals surface area contributed by atoms with Gasteiger partial charge in [0.25, 0.3) is 0 Å². The zero-order chi connectivity index (χ0) is 11.4. The van der Waals surface area contributed by atoms with Crippen LogP contribution in [0.25, 0.3) is 0 Å². The third-order valence-corrected chi connectivity index (χ3v) is 4.40. The highest BCUT2D eigenvalue weighted by Gasteiger charge is 2.14. The topological polar surface area (TPSA) is 38.9 Å². The van der Waals surface area contributed by atoms with Crippen LogP contribution in [-0.2, 0) is 0 Å². The molecule has 1 aliphatic carbocycles. The van der Waals surface area contributed by atoms with Crippen molar-refractivity contribution in [3.05, 3.63) is 24.0 Å². The number of rotatable bonds is 3. The number of aromatic nitrogens is 1. The fourth-order valence-electron chi connectivity index (χ4n) is 2.11. The highest BCUT2D eigenvalue weighted by Crippen LogP contribution is 2.33. The van der Waals surface area contributed by atoms with E-state index in [1.54, 1.807) is 0 Å². The van der Waals surface area contributed by atoms with Gasteiger partial charge >= 0.3 is 0 Å². The number of thioether (sulfide) groups is 1. The van der Waals surface area contributed by atoms with E-state index in [1.165, 1.54) is 37.0 Å². The number of hydrogen-bond donors (Lipinski definition) is 1. The van der Waals surface area contributed by atoms with E-state index < -0.39 is 0 Å². The van der Waals surface area contributed by atoms with Gasteiger partial charge in [-0.05, 0) is 31.9 Å². The van der Waals surface area contributed by atoms with Crippen LogP contribution in [0, 0.1) is 0 Å². The molecule has 1 fully saturated rings. The molecule has 0 aliphatic heterocycles. The summed E-state index contributed by atoms with van der Waals surface area (Å²) in [7, 11) is 0. The van der Waals surface area contributed by atoms with Gasteiger partial charge in [0.1, 0.15) is 0 Å². The first-order chi connectivity index (χ1) is 7.75. The maximum atomic E-state index is 5.78. The van der Waals surface area contributed by atoms with Crippen LogP contribution >= 0.6 is 11.8 Å². The molecule has 1 atom stereocenters. The van der Waals surface area contributed by atoms with Crippen molar-refractivity contribution in [1.29, 1.82) is 0 Å². The largest absolute Gasteiger partial charge is 0.323 e. The Bertz CT molecular complexity index is 315. The molecule has 16 heavy (non-hydrogen) atoms. The minimum absolute atomic E-state index is 0.0359. The van der Waals surface area contributed by atoms with Crippen LogP contribution in [0.3, 0.4) is 0 Å². The van der Waals surface area contributed by atoms with E-state index in [-0.39, 0.29) is 6.04 Å². The Morgan fingerprint density at radius 3 is 2.62 bits per heavy atom. The van der Waals surface area contributed by atoms with Crippen molar-refractivity contribution in [2.24, 2.45) is 5.73 Å². The predicted molar refractivity (Wildman–Crippen MR) is 69.6 cm³/mol. The molecule has 88 valence electrons. The average molecular weight is 236 g/mol. The second-order valence-electron chi connectivity index (χ2n) is 4.59. The molecular weight excluding hydrogens is 216 g/mol. The standard InChI is InChI=1S/C13H20N2S/c1-10(14)13-8-7-12(9-15-13)16-11-5-3-2-4-6-11/h7-11H,2-6,14H2,1H3/t10-/m0/s1. The summed E-state index contributed by atoms with van der Waals surface area (Å²) in [6.07, 6.45) is 8.89. The van der Waals surface area contributed by atoms with Gasteiger partial charge in [-0.3, -0.25) is 4.98 Å². The molecule has 0 amide bonds. The first-order valence-electron chi connectivity index (χ1n) is 6.14. The molecule has 0 saturated heterocycles. The Kier molecular flexibility index (Phi) is 4.24. The summed E-state index contributed by atoms with van der Waals surface area (Å²) < 4.78 is 0. The lowest BCUT2D eigenvalue weighted by atomic mass is 10.0. The van der Waals surface area contributed by atoms with Crippen LogP contribution in [0.5, 0.6) is 0 Å². The maximum Gasteiger partial charge on any atom is 0.0569 e. The monoisotopic (exact) mass is 236 g/mol. The summed E-state index contributed by atoms with van der Waals surface area (Å²) in [6.45, 7) is 1.97. The van der Waals surface area contributed by atoms with Gasteiger partial charge in [-0.2, -0.15) is 0 Å². The zero-order valence-electron chi connectivity index (χ0n) is 9.86. The lowest BCUT2D eigenvalue weighted by molar-refractivity contribution is 0.516. The third-order valence-electron chi connectivity index (χ3n) is 3.08. The Labute approximate surface area is 102 Å². The molecule has 0 unspecified atom stereocenters. The Balaban J connectivity index is 1.93. The second-order valence-corrected chi connectivity index (χ2v) is 5.96. The summed E-state index contributed by atoms with van der Waals surface area (Å²) in [5, 5.41) is 0.802. The molecule has 1 saturated carbocycles. The molecule has 3 heteroatoms. The highest BCUT2D eigenvalue weighted by atomic mass is 32.2. The molecule has 1 heterocycles.